The van der Waals surface area contributed by atoms with Crippen LogP contribution in [-0.4, -0.2) is 18.5 Å². The first kappa shape index (κ1) is 13.5. The second-order valence-electron chi connectivity index (χ2n) is 4.44. The molecule has 0 saturated heterocycles. The summed E-state index contributed by atoms with van der Waals surface area (Å²) in [5.41, 5.74) is 0.274. The van der Waals surface area contributed by atoms with Gasteiger partial charge in [0.15, 0.2) is 0 Å². The molecule has 0 unspecified atom stereocenters. The van der Waals surface area contributed by atoms with Gasteiger partial charge in [-0.1, -0.05) is 6.42 Å². The third-order valence-electron chi connectivity index (χ3n) is 3.00. The molecule has 2 amide bonds. The van der Waals surface area contributed by atoms with Crippen LogP contribution in [0, 0.1) is 0 Å². The Hall–Kier alpha value is -1.98. The van der Waals surface area contributed by atoms with Gasteiger partial charge < -0.3 is 4.42 Å². The number of carbonyl (C=O) groups is 2. The summed E-state index contributed by atoms with van der Waals surface area (Å²) >= 11 is 0. The van der Waals surface area contributed by atoms with E-state index in [1.165, 1.54) is 6.07 Å². The van der Waals surface area contributed by atoms with Crippen LogP contribution in [0.5, 0.6) is 0 Å². The monoisotopic (exact) mass is 267 g/mol. The lowest BCUT2D eigenvalue weighted by atomic mass is 9.97. The van der Waals surface area contributed by atoms with E-state index in [1.54, 1.807) is 0 Å². The Balaban J connectivity index is 2.26. The van der Waals surface area contributed by atoms with Crippen LogP contribution in [0.25, 0.3) is 0 Å². The minimum atomic E-state index is -0.568. The number of nitrogens with one attached hydrogen (secondary N) is 1. The average molecular weight is 267 g/mol. The quantitative estimate of drug-likeness (QED) is 0.641. The van der Waals surface area contributed by atoms with Crippen molar-refractivity contribution in [3.63, 3.8) is 0 Å². The zero-order valence-corrected chi connectivity index (χ0v) is 10.3. The highest BCUT2D eigenvalue weighted by molar-refractivity contribution is 6.09. The van der Waals surface area contributed by atoms with Crippen LogP contribution in [0.15, 0.2) is 15.3 Å². The molecule has 102 valence electrons. The minimum absolute atomic E-state index is 0.103. The maximum Gasteiger partial charge on any atom is 0.336 e. The molecule has 0 atom stereocenters. The summed E-state index contributed by atoms with van der Waals surface area (Å²) in [6.45, 7) is -0.371. The Morgan fingerprint density at radius 3 is 2.74 bits per heavy atom. The van der Waals surface area contributed by atoms with Crippen molar-refractivity contribution >= 4 is 11.8 Å². The summed E-state index contributed by atoms with van der Waals surface area (Å²) in [4.78, 5) is 34.4. The predicted octanol–water partition coefficient (Wildman–Crippen LogP) is 1.13. The van der Waals surface area contributed by atoms with E-state index in [9.17, 15) is 18.8 Å². The van der Waals surface area contributed by atoms with Crippen molar-refractivity contribution in [3.05, 3.63) is 33.4 Å². The van der Waals surface area contributed by atoms with Gasteiger partial charge in [-0.2, -0.15) is 0 Å². The fourth-order valence-corrected chi connectivity index (χ4v) is 2.16. The van der Waals surface area contributed by atoms with Crippen LogP contribution in [0.4, 0.5) is 4.39 Å². The fraction of sp³-hybridized carbons (Fsp3) is 0.462. The van der Waals surface area contributed by atoms with Crippen LogP contribution in [0.3, 0.4) is 0 Å². The van der Waals surface area contributed by atoms with Crippen molar-refractivity contribution in [2.75, 3.05) is 6.67 Å². The Morgan fingerprint density at radius 1 is 1.21 bits per heavy atom. The van der Waals surface area contributed by atoms with Crippen molar-refractivity contribution in [1.29, 1.82) is 0 Å². The molecule has 1 aromatic heterocycles. The van der Waals surface area contributed by atoms with Gasteiger partial charge in [-0.15, -0.1) is 0 Å². The molecule has 19 heavy (non-hydrogen) atoms. The number of unbranched alkanes of at least 4 members (excludes halogenated alkanes) is 2. The highest BCUT2D eigenvalue weighted by atomic mass is 19.1. The lowest BCUT2D eigenvalue weighted by Gasteiger charge is -2.16. The third-order valence-corrected chi connectivity index (χ3v) is 3.00. The van der Waals surface area contributed by atoms with Gasteiger partial charge >= 0.3 is 5.63 Å². The molecule has 0 spiro atoms. The molecule has 5 nitrogen and oxygen atoms in total. The van der Waals surface area contributed by atoms with E-state index in [4.69, 9.17) is 4.42 Å². The summed E-state index contributed by atoms with van der Waals surface area (Å²) in [7, 11) is 0. The summed E-state index contributed by atoms with van der Waals surface area (Å²) in [6, 6.07) is 1.27. The SMILES string of the molecule is O=C1Cc2oc(=O)cc(CCCCCF)c2C(=O)N1. The number of alkyl halides is 1. The van der Waals surface area contributed by atoms with E-state index in [-0.39, 0.29) is 24.4 Å². The van der Waals surface area contributed by atoms with Crippen LogP contribution < -0.4 is 10.9 Å². The maximum absolute atomic E-state index is 12.0. The fourth-order valence-electron chi connectivity index (χ4n) is 2.16. The minimum Gasteiger partial charge on any atom is -0.426 e. The molecule has 0 radical (unpaired) electrons. The molecule has 6 heteroatoms. The number of halogens is 1. The maximum atomic E-state index is 12.0. The molecule has 0 saturated carbocycles. The molecule has 1 aliphatic heterocycles. The Kier molecular flexibility index (Phi) is 4.09. The van der Waals surface area contributed by atoms with E-state index in [2.05, 4.69) is 5.32 Å². The number of hydrogen-bond donors (Lipinski definition) is 1. The van der Waals surface area contributed by atoms with Crippen molar-refractivity contribution in [1.82, 2.24) is 5.32 Å². The second-order valence-corrected chi connectivity index (χ2v) is 4.44. The molecule has 0 bridgehead atoms. The van der Waals surface area contributed by atoms with E-state index < -0.39 is 17.4 Å². The first-order chi connectivity index (χ1) is 9.11. The van der Waals surface area contributed by atoms with Crippen molar-refractivity contribution < 1.29 is 18.4 Å². The number of rotatable bonds is 5. The molecular formula is C13H14FNO4. The number of hydrogen-bond acceptors (Lipinski definition) is 4. The Morgan fingerprint density at radius 2 is 2.00 bits per heavy atom. The summed E-state index contributed by atoms with van der Waals surface area (Å²) < 4.78 is 16.9. The van der Waals surface area contributed by atoms with Gasteiger partial charge in [0, 0.05) is 6.07 Å². The van der Waals surface area contributed by atoms with E-state index in [0.29, 0.717) is 31.2 Å². The van der Waals surface area contributed by atoms with Gasteiger partial charge in [0.25, 0.3) is 5.91 Å². The molecule has 2 rings (SSSR count). The van der Waals surface area contributed by atoms with Crippen LogP contribution in [-0.2, 0) is 17.6 Å². The molecule has 1 N–H and O–H groups in total. The van der Waals surface area contributed by atoms with Gasteiger partial charge in [0.2, 0.25) is 5.91 Å². The number of carbonyl (C=O) groups excluding carboxylic acids is 2. The van der Waals surface area contributed by atoms with Crippen molar-refractivity contribution in [3.8, 4) is 0 Å². The summed E-state index contributed by atoms with van der Waals surface area (Å²) in [5, 5.41) is 2.20. The number of imide groups is 1. The number of fused-ring (bicyclic) bond motifs is 1. The highest BCUT2D eigenvalue weighted by Crippen LogP contribution is 2.19. The molecular weight excluding hydrogens is 253 g/mol. The van der Waals surface area contributed by atoms with Crippen LogP contribution >= 0.6 is 0 Å². The molecule has 0 aliphatic carbocycles. The third kappa shape index (κ3) is 3.07. The van der Waals surface area contributed by atoms with Gasteiger partial charge in [0.1, 0.15) is 5.76 Å². The van der Waals surface area contributed by atoms with E-state index >= 15 is 0 Å². The zero-order valence-electron chi connectivity index (χ0n) is 10.3. The van der Waals surface area contributed by atoms with Gasteiger partial charge in [0.05, 0.1) is 18.7 Å². The molecule has 0 aromatic carbocycles. The first-order valence-electron chi connectivity index (χ1n) is 6.18. The van der Waals surface area contributed by atoms with Gasteiger partial charge in [-0.05, 0) is 24.8 Å². The van der Waals surface area contributed by atoms with Crippen molar-refractivity contribution in [2.45, 2.75) is 32.1 Å². The van der Waals surface area contributed by atoms with Crippen LogP contribution in [0.2, 0.25) is 0 Å². The average Bonchev–Trinajstić information content (AvgIpc) is 2.33. The number of amides is 2. The Bertz CT molecular complexity index is 564. The molecule has 2 heterocycles. The standard InChI is InChI=1S/C13H14FNO4/c14-5-3-1-2-4-8-6-11(17)19-9-7-10(16)15-13(18)12(8)9/h6H,1-5,7H2,(H,15,16,18). The zero-order chi connectivity index (χ0) is 13.8. The van der Waals surface area contributed by atoms with Crippen LogP contribution in [0.1, 0.15) is 40.9 Å². The smallest absolute Gasteiger partial charge is 0.336 e. The molecule has 1 aromatic rings. The largest absolute Gasteiger partial charge is 0.426 e. The first-order valence-corrected chi connectivity index (χ1v) is 6.18. The highest BCUT2D eigenvalue weighted by Gasteiger charge is 2.27. The molecule has 0 fully saturated rings. The van der Waals surface area contributed by atoms with Crippen molar-refractivity contribution in [2.24, 2.45) is 0 Å². The Labute approximate surface area is 108 Å². The summed E-state index contributed by atoms with van der Waals surface area (Å²) in [6.07, 6.45) is 2.23. The lowest BCUT2D eigenvalue weighted by Crippen LogP contribution is -2.38. The van der Waals surface area contributed by atoms with Gasteiger partial charge in [-0.25, -0.2) is 4.79 Å². The lowest BCUT2D eigenvalue weighted by molar-refractivity contribution is -0.120. The normalized spacial score (nSPS) is 14.2. The van der Waals surface area contributed by atoms with Gasteiger partial charge in [-0.3, -0.25) is 19.3 Å². The van der Waals surface area contributed by atoms with E-state index in [1.807, 2.05) is 0 Å². The topological polar surface area (TPSA) is 76.4 Å². The molecule has 1 aliphatic rings. The van der Waals surface area contributed by atoms with E-state index in [0.717, 1.165) is 0 Å². The predicted molar refractivity (Wildman–Crippen MR) is 64.7 cm³/mol. The number of aryl methyl sites for hydroxylation is 1. The summed E-state index contributed by atoms with van der Waals surface area (Å²) in [5.74, 6) is -0.882. The second kappa shape index (κ2) is 5.77.